The Balaban J connectivity index is 3.41. The molecule has 26 nitrogen and oxygen atoms in total. The Morgan fingerprint density at radius 2 is 0.957 bits per heavy atom. The molecule has 1 aromatic carbocycles. The van der Waals surface area contributed by atoms with Crippen LogP contribution >= 0.6 is 0 Å². The third-order valence-electron chi connectivity index (χ3n) is 10.1. The quantitative estimate of drug-likeness (QED) is 0.0333. The van der Waals surface area contributed by atoms with Crippen LogP contribution in [0.25, 0.3) is 0 Å². The molecule has 0 aromatic heterocycles. The average molecular weight is 981 g/mol. The number of nitrogens with two attached hydrogens (primary N) is 2. The molecule has 1 rings (SSSR count). The number of aliphatic carboxylic acids is 2. The summed E-state index contributed by atoms with van der Waals surface area (Å²) in [4.78, 5) is 141. The molecule has 0 radical (unpaired) electrons. The molecule has 0 saturated heterocycles. The van der Waals surface area contributed by atoms with E-state index in [9.17, 15) is 78.3 Å². The number of nitrogens with one attached hydrogen (secondary N) is 8. The summed E-state index contributed by atoms with van der Waals surface area (Å²) in [7, 11) is 0. The Hall–Kier alpha value is -6.93. The fraction of sp³-hybridized carbons (Fsp3) is 0.605. The van der Waals surface area contributed by atoms with E-state index in [0.717, 1.165) is 0 Å². The van der Waals surface area contributed by atoms with Gasteiger partial charge in [0.1, 0.15) is 48.0 Å². The number of aliphatic hydroxyl groups excluding tert-OH is 2. The highest BCUT2D eigenvalue weighted by molar-refractivity contribution is 5.98. The molecule has 386 valence electrons. The van der Waals surface area contributed by atoms with Crippen LogP contribution in [-0.2, 0) is 59.2 Å². The van der Waals surface area contributed by atoms with Gasteiger partial charge in [-0.05, 0) is 54.7 Å². The van der Waals surface area contributed by atoms with Gasteiger partial charge in [-0.15, -0.1) is 0 Å². The van der Waals surface area contributed by atoms with E-state index in [1.807, 2.05) is 0 Å². The highest BCUT2D eigenvalue weighted by atomic mass is 16.4. The van der Waals surface area contributed by atoms with E-state index in [-0.39, 0.29) is 42.8 Å². The molecular formula is C43H68N10O16. The van der Waals surface area contributed by atoms with Crippen molar-refractivity contribution in [2.45, 2.75) is 128 Å². The molecule has 0 aliphatic rings. The van der Waals surface area contributed by atoms with Crippen molar-refractivity contribution in [2.24, 2.45) is 29.2 Å². The first kappa shape index (κ1) is 60.1. The lowest BCUT2D eigenvalue weighted by Crippen LogP contribution is -2.61. The lowest BCUT2D eigenvalue weighted by molar-refractivity contribution is -0.142. The molecule has 8 atom stereocenters. The van der Waals surface area contributed by atoms with Gasteiger partial charge in [-0.25, -0.2) is 0 Å². The zero-order chi connectivity index (χ0) is 52.7. The van der Waals surface area contributed by atoms with Gasteiger partial charge in [0.05, 0.1) is 32.2 Å². The molecule has 0 unspecified atom stereocenters. The van der Waals surface area contributed by atoms with Gasteiger partial charge in [0, 0.05) is 12.8 Å². The van der Waals surface area contributed by atoms with Crippen LogP contribution in [0.2, 0.25) is 0 Å². The maximum atomic E-state index is 14.0. The summed E-state index contributed by atoms with van der Waals surface area (Å²) >= 11 is 0. The largest absolute Gasteiger partial charge is 0.508 e. The Labute approximate surface area is 398 Å². The lowest BCUT2D eigenvalue weighted by atomic mass is 10.00. The van der Waals surface area contributed by atoms with Crippen LogP contribution in [0.3, 0.4) is 0 Å². The minimum absolute atomic E-state index is 0.0672. The molecule has 26 heteroatoms. The first-order chi connectivity index (χ1) is 32.2. The summed E-state index contributed by atoms with van der Waals surface area (Å²) in [5.41, 5.74) is 11.5. The van der Waals surface area contributed by atoms with Crippen molar-refractivity contribution in [1.82, 2.24) is 42.5 Å². The second-order valence-corrected chi connectivity index (χ2v) is 17.4. The monoisotopic (exact) mass is 980 g/mol. The van der Waals surface area contributed by atoms with Crippen LogP contribution in [0.15, 0.2) is 24.3 Å². The average Bonchev–Trinajstić information content (AvgIpc) is 3.26. The molecule has 0 bridgehead atoms. The Morgan fingerprint density at radius 3 is 1.45 bits per heavy atom. The van der Waals surface area contributed by atoms with E-state index in [4.69, 9.17) is 11.5 Å². The molecule has 9 amide bonds. The van der Waals surface area contributed by atoms with Crippen molar-refractivity contribution in [2.75, 3.05) is 19.8 Å². The SMILES string of the molecule is CC(C)C[C@H](NC(=O)[C@H](CC(=O)O)NC(=O)[C@H](CO)NC(=O)[C@H](CCC(=O)O)NC(=O)[C@H](CC(C)C)NC(=O)[C@H](Cc1ccc(O)cc1)NC(=O)[C@H](CO)NC(=O)CNC(=O)[C@@H](N)C(C)C)C(N)=O. The maximum absolute atomic E-state index is 14.0. The number of aliphatic hydroxyl groups is 2. The molecule has 0 spiro atoms. The van der Waals surface area contributed by atoms with E-state index < -0.39 is 152 Å². The molecule has 0 heterocycles. The standard InChI is InChI=1S/C43H68N10O16/c1-20(2)13-26(36(45)62)49-40(66)29(16-34(60)61)52-42(68)31(19-55)53-37(63)25(11-12-33(58)59)48-38(64)27(14-21(3)4)50-39(65)28(15-23-7-9-24(56)10-8-23)51-41(67)30(18-54)47-32(57)17-46-43(69)35(44)22(5)6/h7-10,20-22,25-31,35,54-56H,11-19,44H2,1-6H3,(H2,45,62)(H,46,69)(H,47,57)(H,48,64)(H,49,66)(H,50,65)(H,51,67)(H,52,68)(H,53,63)(H,58,59)(H,60,61)/t25-,26-,27-,28-,29-,30-,31-,35-/m0/s1. The molecule has 69 heavy (non-hydrogen) atoms. The zero-order valence-electron chi connectivity index (χ0n) is 39.4. The summed E-state index contributed by atoms with van der Waals surface area (Å²) in [6, 6.07) is -6.96. The van der Waals surface area contributed by atoms with Crippen molar-refractivity contribution in [3.05, 3.63) is 29.8 Å². The van der Waals surface area contributed by atoms with Crippen LogP contribution in [0.1, 0.15) is 79.2 Å². The van der Waals surface area contributed by atoms with E-state index in [1.165, 1.54) is 24.3 Å². The van der Waals surface area contributed by atoms with E-state index >= 15 is 0 Å². The fourth-order valence-electron chi connectivity index (χ4n) is 6.27. The van der Waals surface area contributed by atoms with Crippen LogP contribution in [-0.4, -0.2) is 159 Å². The van der Waals surface area contributed by atoms with Gasteiger partial charge < -0.3 is 79.5 Å². The van der Waals surface area contributed by atoms with Crippen molar-refractivity contribution < 1.29 is 78.3 Å². The zero-order valence-corrected chi connectivity index (χ0v) is 39.4. The number of hydrogen-bond acceptors (Lipinski definition) is 15. The third-order valence-corrected chi connectivity index (χ3v) is 10.1. The van der Waals surface area contributed by atoms with Gasteiger partial charge in [0.25, 0.3) is 0 Å². The van der Waals surface area contributed by atoms with Crippen LogP contribution < -0.4 is 54.0 Å². The Kier molecular flexibility index (Phi) is 25.9. The van der Waals surface area contributed by atoms with Crippen LogP contribution in [0.4, 0.5) is 0 Å². The predicted octanol–water partition coefficient (Wildman–Crippen LogP) is -4.67. The van der Waals surface area contributed by atoms with Crippen molar-refractivity contribution in [3.8, 4) is 5.75 Å². The highest BCUT2D eigenvalue weighted by Gasteiger charge is 2.35. The number of carbonyl (C=O) groups is 11. The number of rotatable bonds is 31. The molecule has 1 aromatic rings. The normalized spacial score (nSPS) is 14.6. The summed E-state index contributed by atoms with van der Waals surface area (Å²) in [6.07, 6.45) is -2.67. The number of aromatic hydroxyl groups is 1. The molecule has 0 saturated carbocycles. The summed E-state index contributed by atoms with van der Waals surface area (Å²) in [5.74, 6) is -13.1. The van der Waals surface area contributed by atoms with Gasteiger partial charge in [0.15, 0.2) is 0 Å². The smallest absolute Gasteiger partial charge is 0.305 e. The second kappa shape index (κ2) is 29.7. The lowest BCUT2D eigenvalue weighted by Gasteiger charge is -2.28. The van der Waals surface area contributed by atoms with Crippen molar-refractivity contribution in [1.29, 1.82) is 0 Å². The maximum Gasteiger partial charge on any atom is 0.305 e. The molecule has 0 fully saturated rings. The van der Waals surface area contributed by atoms with E-state index in [2.05, 4.69) is 42.5 Å². The van der Waals surface area contributed by atoms with Crippen molar-refractivity contribution in [3.63, 3.8) is 0 Å². The number of phenols is 1. The van der Waals surface area contributed by atoms with Crippen LogP contribution in [0.5, 0.6) is 5.75 Å². The summed E-state index contributed by atoms with van der Waals surface area (Å²) in [6.45, 7) is 7.43. The summed E-state index contributed by atoms with van der Waals surface area (Å²) in [5, 5.41) is 67.1. The Bertz CT molecular complexity index is 1970. The van der Waals surface area contributed by atoms with Gasteiger partial charge in [-0.2, -0.15) is 0 Å². The summed E-state index contributed by atoms with van der Waals surface area (Å²) < 4.78 is 0. The molecule has 17 N–H and O–H groups in total. The van der Waals surface area contributed by atoms with Gasteiger partial charge in [-0.3, -0.25) is 52.7 Å². The molecule has 0 aliphatic carbocycles. The van der Waals surface area contributed by atoms with Gasteiger partial charge in [-0.1, -0.05) is 53.7 Å². The van der Waals surface area contributed by atoms with E-state index in [0.29, 0.717) is 5.56 Å². The number of phenolic OH excluding ortho intramolecular Hbond substituents is 1. The predicted molar refractivity (Wildman–Crippen MR) is 243 cm³/mol. The second-order valence-electron chi connectivity index (χ2n) is 17.4. The number of carboxylic acids is 2. The fourth-order valence-corrected chi connectivity index (χ4v) is 6.27. The minimum atomic E-state index is -1.92. The van der Waals surface area contributed by atoms with Gasteiger partial charge in [0.2, 0.25) is 53.2 Å². The Morgan fingerprint density at radius 1 is 0.536 bits per heavy atom. The van der Waals surface area contributed by atoms with E-state index in [1.54, 1.807) is 41.5 Å². The topological polar surface area (TPSA) is 437 Å². The van der Waals surface area contributed by atoms with Crippen molar-refractivity contribution >= 4 is 65.1 Å². The number of primary amides is 1. The molecular weight excluding hydrogens is 913 g/mol. The third kappa shape index (κ3) is 22.6. The van der Waals surface area contributed by atoms with Gasteiger partial charge >= 0.3 is 11.9 Å². The number of hydrogen-bond donors (Lipinski definition) is 15. The minimum Gasteiger partial charge on any atom is -0.508 e. The highest BCUT2D eigenvalue weighted by Crippen LogP contribution is 2.14. The number of carboxylic acid groups (broad SMARTS) is 2. The number of benzene rings is 1. The first-order valence-electron chi connectivity index (χ1n) is 22.1. The van der Waals surface area contributed by atoms with Crippen LogP contribution in [0, 0.1) is 17.8 Å². The number of amides is 9. The number of carbonyl (C=O) groups excluding carboxylic acids is 9. The molecule has 0 aliphatic heterocycles. The first-order valence-corrected chi connectivity index (χ1v) is 22.1.